The van der Waals surface area contributed by atoms with Gasteiger partial charge in [-0.15, -0.1) is 11.3 Å². The van der Waals surface area contributed by atoms with Gasteiger partial charge in [-0.1, -0.05) is 67.8 Å². The Morgan fingerprint density at radius 3 is 2.61 bits per heavy atom. The van der Waals surface area contributed by atoms with E-state index in [1.165, 1.54) is 48.1 Å². The van der Waals surface area contributed by atoms with Crippen LogP contribution >= 0.6 is 11.3 Å². The first kappa shape index (κ1) is 18.9. The van der Waals surface area contributed by atoms with Gasteiger partial charge in [-0.3, -0.25) is 5.43 Å². The average Bonchev–Trinajstić information content (AvgIpc) is 3.14. The third-order valence-electron chi connectivity index (χ3n) is 5.54. The first-order valence-electron chi connectivity index (χ1n) is 10.1. The Balaban J connectivity index is 1.49. The third kappa shape index (κ3) is 4.33. The van der Waals surface area contributed by atoms with Gasteiger partial charge in [0.1, 0.15) is 0 Å². The molecule has 3 nitrogen and oxygen atoms in total. The zero-order valence-electron chi connectivity index (χ0n) is 16.6. The Hall–Kier alpha value is -2.46. The molecule has 1 N–H and O–H groups in total. The predicted octanol–water partition coefficient (Wildman–Crippen LogP) is 7.00. The summed E-state index contributed by atoms with van der Waals surface area (Å²) in [5.74, 6) is 0.713. The minimum absolute atomic E-state index is 0.713. The van der Waals surface area contributed by atoms with Crippen LogP contribution in [0, 0.1) is 6.92 Å². The molecule has 0 spiro atoms. The SMILES string of the molecule is C/C(=N/Nc1nc(-c2ccccc2)c(C)s1)c1cccc(C2CCCCC2)c1. The molecule has 0 radical (unpaired) electrons. The van der Waals surface area contributed by atoms with E-state index in [1.807, 2.05) is 18.2 Å². The average molecular weight is 390 g/mol. The molecule has 0 amide bonds. The maximum absolute atomic E-state index is 4.74. The number of hydrogen-bond acceptors (Lipinski definition) is 4. The van der Waals surface area contributed by atoms with E-state index < -0.39 is 0 Å². The molecule has 1 aliphatic carbocycles. The minimum atomic E-state index is 0.713. The van der Waals surface area contributed by atoms with Crippen molar-refractivity contribution in [2.75, 3.05) is 5.43 Å². The van der Waals surface area contributed by atoms with Crippen LogP contribution in [0.2, 0.25) is 0 Å². The van der Waals surface area contributed by atoms with Gasteiger partial charge in [0, 0.05) is 10.4 Å². The monoisotopic (exact) mass is 389 g/mol. The second-order valence-electron chi connectivity index (χ2n) is 7.56. The fourth-order valence-electron chi connectivity index (χ4n) is 3.96. The van der Waals surface area contributed by atoms with Crippen LogP contribution in [0.5, 0.6) is 0 Å². The zero-order chi connectivity index (χ0) is 19.3. The maximum Gasteiger partial charge on any atom is 0.204 e. The number of thiazole rings is 1. The van der Waals surface area contributed by atoms with Crippen LogP contribution in [0.1, 0.15) is 60.9 Å². The molecule has 1 heterocycles. The summed E-state index contributed by atoms with van der Waals surface area (Å²) in [6.07, 6.45) is 6.74. The van der Waals surface area contributed by atoms with Gasteiger partial charge in [0.25, 0.3) is 0 Å². The molecule has 1 aromatic heterocycles. The smallest absolute Gasteiger partial charge is 0.204 e. The van der Waals surface area contributed by atoms with Crippen LogP contribution < -0.4 is 5.43 Å². The Kier molecular flexibility index (Phi) is 5.87. The fraction of sp³-hybridized carbons (Fsp3) is 0.333. The summed E-state index contributed by atoms with van der Waals surface area (Å²) >= 11 is 1.64. The molecule has 3 aromatic rings. The van der Waals surface area contributed by atoms with Crippen molar-refractivity contribution in [3.63, 3.8) is 0 Å². The van der Waals surface area contributed by atoms with Gasteiger partial charge in [0.05, 0.1) is 11.4 Å². The van der Waals surface area contributed by atoms with Crippen LogP contribution in [0.3, 0.4) is 0 Å². The number of aryl methyl sites for hydroxylation is 1. The van der Waals surface area contributed by atoms with Gasteiger partial charge >= 0.3 is 0 Å². The summed E-state index contributed by atoms with van der Waals surface area (Å²) in [4.78, 5) is 5.93. The summed E-state index contributed by atoms with van der Waals surface area (Å²) in [5, 5.41) is 5.45. The number of anilines is 1. The lowest BCUT2D eigenvalue weighted by Crippen LogP contribution is -2.06. The molecule has 0 saturated heterocycles. The van der Waals surface area contributed by atoms with Gasteiger partial charge in [-0.2, -0.15) is 5.10 Å². The van der Waals surface area contributed by atoms with Crippen molar-refractivity contribution < 1.29 is 0 Å². The number of hydrogen-bond donors (Lipinski definition) is 1. The molecule has 28 heavy (non-hydrogen) atoms. The largest absolute Gasteiger partial charge is 0.252 e. The Labute approximate surface area is 171 Å². The normalized spacial score (nSPS) is 15.6. The zero-order valence-corrected chi connectivity index (χ0v) is 17.4. The van der Waals surface area contributed by atoms with E-state index >= 15 is 0 Å². The second kappa shape index (κ2) is 8.70. The van der Waals surface area contributed by atoms with E-state index in [0.717, 1.165) is 22.1 Å². The highest BCUT2D eigenvalue weighted by atomic mass is 32.1. The van der Waals surface area contributed by atoms with E-state index in [1.54, 1.807) is 11.3 Å². The minimum Gasteiger partial charge on any atom is -0.252 e. The molecule has 2 aromatic carbocycles. The van der Waals surface area contributed by atoms with E-state index in [0.29, 0.717) is 5.92 Å². The molecule has 0 unspecified atom stereocenters. The fourth-order valence-corrected chi connectivity index (χ4v) is 4.74. The Morgan fingerprint density at radius 1 is 1.04 bits per heavy atom. The molecule has 0 atom stereocenters. The van der Waals surface area contributed by atoms with Crippen molar-refractivity contribution in [3.05, 3.63) is 70.6 Å². The third-order valence-corrected chi connectivity index (χ3v) is 6.42. The summed E-state index contributed by atoms with van der Waals surface area (Å²) in [7, 11) is 0. The van der Waals surface area contributed by atoms with Crippen LogP contribution in [-0.4, -0.2) is 10.7 Å². The van der Waals surface area contributed by atoms with Crippen molar-refractivity contribution >= 4 is 22.2 Å². The molecular weight excluding hydrogens is 362 g/mol. The first-order valence-corrected chi connectivity index (χ1v) is 11.0. The molecule has 0 aliphatic heterocycles. The predicted molar refractivity (Wildman–Crippen MR) is 120 cm³/mol. The number of hydrazone groups is 1. The van der Waals surface area contributed by atoms with Gasteiger partial charge in [-0.05, 0) is 49.8 Å². The Morgan fingerprint density at radius 2 is 1.82 bits per heavy atom. The number of nitrogens with one attached hydrogen (secondary N) is 1. The van der Waals surface area contributed by atoms with Crippen LogP contribution in [0.15, 0.2) is 59.7 Å². The highest BCUT2D eigenvalue weighted by molar-refractivity contribution is 7.16. The Bertz CT molecular complexity index is 953. The highest BCUT2D eigenvalue weighted by Gasteiger charge is 2.16. The van der Waals surface area contributed by atoms with E-state index in [9.17, 15) is 0 Å². The highest BCUT2D eigenvalue weighted by Crippen LogP contribution is 2.33. The second-order valence-corrected chi connectivity index (χ2v) is 8.76. The summed E-state index contributed by atoms with van der Waals surface area (Å²) in [6, 6.07) is 19.2. The molecule has 1 saturated carbocycles. The quantitative estimate of drug-likeness (QED) is 0.377. The van der Waals surface area contributed by atoms with E-state index in [2.05, 4.69) is 60.8 Å². The maximum atomic E-state index is 4.74. The lowest BCUT2D eigenvalue weighted by molar-refractivity contribution is 0.443. The summed E-state index contributed by atoms with van der Waals surface area (Å²) in [5.41, 5.74) is 8.98. The van der Waals surface area contributed by atoms with Crippen molar-refractivity contribution in [1.29, 1.82) is 0 Å². The van der Waals surface area contributed by atoms with Crippen molar-refractivity contribution in [2.24, 2.45) is 5.10 Å². The molecule has 144 valence electrons. The lowest BCUT2D eigenvalue weighted by Gasteiger charge is -2.22. The lowest BCUT2D eigenvalue weighted by atomic mass is 9.83. The standard InChI is InChI=1S/C24H27N3S/c1-17(21-14-9-15-22(16-21)19-10-5-3-6-11-19)26-27-24-25-23(18(2)28-24)20-12-7-4-8-13-20/h4,7-9,12-16,19H,3,5-6,10-11H2,1-2H3,(H,25,27)/b26-17-. The molecular formula is C24H27N3S. The van der Waals surface area contributed by atoms with Crippen LogP contribution in [-0.2, 0) is 0 Å². The molecule has 4 rings (SSSR count). The van der Waals surface area contributed by atoms with Crippen LogP contribution in [0.25, 0.3) is 11.3 Å². The molecule has 1 fully saturated rings. The van der Waals surface area contributed by atoms with Crippen molar-refractivity contribution in [1.82, 2.24) is 4.98 Å². The molecule has 4 heteroatoms. The van der Waals surface area contributed by atoms with E-state index in [-0.39, 0.29) is 0 Å². The van der Waals surface area contributed by atoms with Crippen LogP contribution in [0.4, 0.5) is 5.13 Å². The summed E-state index contributed by atoms with van der Waals surface area (Å²) < 4.78 is 0. The number of rotatable bonds is 5. The van der Waals surface area contributed by atoms with Crippen molar-refractivity contribution in [3.8, 4) is 11.3 Å². The first-order chi connectivity index (χ1) is 13.7. The number of nitrogens with zero attached hydrogens (tertiary/aromatic N) is 2. The van der Waals surface area contributed by atoms with Crippen molar-refractivity contribution in [2.45, 2.75) is 51.9 Å². The number of benzene rings is 2. The van der Waals surface area contributed by atoms with Gasteiger partial charge in [0.15, 0.2) is 0 Å². The topological polar surface area (TPSA) is 37.3 Å². The number of aromatic nitrogens is 1. The molecule has 0 bridgehead atoms. The van der Waals surface area contributed by atoms with E-state index in [4.69, 9.17) is 4.98 Å². The van der Waals surface area contributed by atoms with Gasteiger partial charge in [0.2, 0.25) is 5.13 Å². The summed E-state index contributed by atoms with van der Waals surface area (Å²) in [6.45, 7) is 4.17. The molecule has 1 aliphatic rings. The van der Waals surface area contributed by atoms with Gasteiger partial charge in [-0.25, -0.2) is 4.98 Å². The van der Waals surface area contributed by atoms with Gasteiger partial charge < -0.3 is 0 Å².